The Morgan fingerprint density at radius 2 is 1.35 bits per heavy atom. The Bertz CT molecular complexity index is 321. The van der Waals surface area contributed by atoms with Gasteiger partial charge in [-0.05, 0) is 18.9 Å². The number of nitriles is 2. The van der Waals surface area contributed by atoms with Crippen molar-refractivity contribution >= 4 is 33.9 Å². The van der Waals surface area contributed by atoms with E-state index in [1.807, 2.05) is 12.4 Å². The number of hydrogen-bond acceptors (Lipinski definition) is 6. The van der Waals surface area contributed by atoms with Gasteiger partial charge in [0.25, 0.3) is 0 Å². The van der Waals surface area contributed by atoms with Crippen LogP contribution in [0.4, 0.5) is 0 Å². The maximum atomic E-state index is 8.80. The van der Waals surface area contributed by atoms with E-state index in [4.69, 9.17) is 21.3 Å². The summed E-state index contributed by atoms with van der Waals surface area (Å²) in [5.74, 6) is 0. The van der Waals surface area contributed by atoms with Crippen LogP contribution in [0.15, 0.2) is 0 Å². The summed E-state index contributed by atoms with van der Waals surface area (Å²) < 4.78 is 0. The molecule has 0 atom stereocenters. The van der Waals surface area contributed by atoms with Crippen molar-refractivity contribution in [2.45, 2.75) is 6.42 Å². The number of nitrogens with one attached hydrogen (secondary N) is 2. The number of rotatable bonds is 4. The largest absolute Gasteiger partial charge is 0.278 e. The molecule has 0 aromatic carbocycles. The van der Waals surface area contributed by atoms with Crippen molar-refractivity contribution in [2.24, 2.45) is 0 Å². The van der Waals surface area contributed by atoms with Gasteiger partial charge in [0.15, 0.2) is 22.7 Å². The second-order valence-electron chi connectivity index (χ2n) is 2.88. The minimum Gasteiger partial charge on any atom is -0.278 e. The average molecular weight is 270 g/mol. The molecule has 0 spiro atoms. The zero-order valence-electron chi connectivity index (χ0n) is 9.73. The molecule has 0 saturated carbocycles. The summed E-state index contributed by atoms with van der Waals surface area (Å²) in [5.41, 5.74) is 0. The fourth-order valence-corrected chi connectivity index (χ4v) is 1.71. The molecule has 0 amide bonds. The smallest absolute Gasteiger partial charge is 0.185 e. The van der Waals surface area contributed by atoms with Crippen molar-refractivity contribution in [3.05, 3.63) is 0 Å². The Labute approximate surface area is 110 Å². The van der Waals surface area contributed by atoms with Crippen LogP contribution in [0.1, 0.15) is 6.42 Å². The molecule has 92 valence electrons. The molecule has 0 aliphatic carbocycles. The highest BCUT2D eigenvalue weighted by molar-refractivity contribution is 8.13. The van der Waals surface area contributed by atoms with Gasteiger partial charge in [0.1, 0.15) is 0 Å². The maximum absolute atomic E-state index is 8.80. The third-order valence-electron chi connectivity index (χ3n) is 1.88. The highest BCUT2D eigenvalue weighted by atomic mass is 32.2. The van der Waals surface area contributed by atoms with Gasteiger partial charge in [0.2, 0.25) is 0 Å². The Hall–Kier alpha value is -1.38. The van der Waals surface area contributed by atoms with Gasteiger partial charge < -0.3 is 0 Å². The fourth-order valence-electron chi connectivity index (χ4n) is 1.00. The monoisotopic (exact) mass is 270 g/mol. The quantitative estimate of drug-likeness (QED) is 0.348. The Morgan fingerprint density at radius 3 is 1.59 bits per heavy atom. The number of nitrogens with zero attached hydrogens (tertiary/aromatic N) is 4. The third kappa shape index (κ3) is 5.48. The lowest BCUT2D eigenvalue weighted by molar-refractivity contribution is 0.486. The summed E-state index contributed by atoms with van der Waals surface area (Å²) in [7, 11) is 0. The second kappa shape index (κ2) is 8.74. The summed E-state index contributed by atoms with van der Waals surface area (Å²) in [5, 5.41) is 33.0. The lowest BCUT2D eigenvalue weighted by atomic mass is 10.4. The minimum absolute atomic E-state index is 0.191. The van der Waals surface area contributed by atoms with Crippen molar-refractivity contribution in [3.8, 4) is 12.4 Å². The molecule has 0 rings (SSSR count). The molecule has 0 radical (unpaired) electrons. The predicted octanol–water partition coefficient (Wildman–Crippen LogP) is 1.54. The molecule has 0 aliphatic rings. The molecule has 0 bridgehead atoms. The topological polar surface area (TPSA) is 102 Å². The first-order chi connectivity index (χ1) is 8.10. The first-order valence-corrected chi connectivity index (χ1v) is 7.15. The van der Waals surface area contributed by atoms with Crippen LogP contribution in [-0.4, -0.2) is 45.7 Å². The molecule has 0 aliphatic heterocycles. The van der Waals surface area contributed by atoms with E-state index >= 15 is 0 Å². The zero-order valence-corrected chi connectivity index (χ0v) is 11.4. The van der Waals surface area contributed by atoms with Gasteiger partial charge in [0.05, 0.1) is 0 Å². The highest BCUT2D eigenvalue weighted by Crippen LogP contribution is 2.05. The molecule has 0 saturated heterocycles. The molecule has 2 N–H and O–H groups in total. The number of amidine groups is 2. The fraction of sp³-hybridized carbons (Fsp3) is 0.556. The van der Waals surface area contributed by atoms with E-state index in [2.05, 4.69) is 0 Å². The first-order valence-electron chi connectivity index (χ1n) is 4.70. The van der Waals surface area contributed by atoms with Gasteiger partial charge >= 0.3 is 0 Å². The van der Waals surface area contributed by atoms with Gasteiger partial charge in [-0.25, -0.2) is 0 Å². The number of thioether (sulfide) groups is 2. The molecule has 0 aromatic heterocycles. The highest BCUT2D eigenvalue weighted by Gasteiger charge is 2.10. The lowest BCUT2D eigenvalue weighted by Gasteiger charge is -2.17. The van der Waals surface area contributed by atoms with E-state index in [9.17, 15) is 0 Å². The van der Waals surface area contributed by atoms with Gasteiger partial charge in [0, 0.05) is 13.1 Å². The number of hydrogen-bond donors (Lipinski definition) is 2. The molecular weight excluding hydrogens is 256 g/mol. The normalized spacial score (nSPS) is 8.94. The van der Waals surface area contributed by atoms with Crippen molar-refractivity contribution in [2.75, 3.05) is 25.6 Å². The predicted molar refractivity (Wildman–Crippen MR) is 71.7 cm³/mol. The molecule has 6 nitrogen and oxygen atoms in total. The van der Waals surface area contributed by atoms with Crippen LogP contribution >= 0.6 is 23.5 Å². The Balaban J connectivity index is 4.13. The molecule has 8 heteroatoms. The van der Waals surface area contributed by atoms with Crippen LogP contribution in [0.5, 0.6) is 0 Å². The van der Waals surface area contributed by atoms with Gasteiger partial charge in [-0.2, -0.15) is 10.5 Å². The van der Waals surface area contributed by atoms with Crippen molar-refractivity contribution in [1.82, 2.24) is 9.80 Å². The molecule has 0 aromatic rings. The van der Waals surface area contributed by atoms with E-state index in [0.717, 1.165) is 0 Å². The molecule has 0 fully saturated rings. The SMILES string of the molecule is CSC(=N)N(C#N)CCCN(C#N)C(=N)SC. The van der Waals surface area contributed by atoms with Gasteiger partial charge in [-0.3, -0.25) is 20.6 Å². The Morgan fingerprint density at radius 1 is 1.00 bits per heavy atom. The third-order valence-corrected chi connectivity index (χ3v) is 3.10. The van der Waals surface area contributed by atoms with Crippen LogP contribution in [-0.2, 0) is 0 Å². The molecule has 17 heavy (non-hydrogen) atoms. The summed E-state index contributed by atoms with van der Waals surface area (Å²) >= 11 is 2.39. The summed E-state index contributed by atoms with van der Waals surface area (Å²) in [4.78, 5) is 2.53. The summed E-state index contributed by atoms with van der Waals surface area (Å²) in [6.07, 6.45) is 7.85. The van der Waals surface area contributed by atoms with Crippen molar-refractivity contribution in [3.63, 3.8) is 0 Å². The van der Waals surface area contributed by atoms with Crippen LogP contribution in [0.2, 0.25) is 0 Å². The van der Waals surface area contributed by atoms with E-state index in [1.54, 1.807) is 12.5 Å². The standard InChI is InChI=1S/C9H14N6S2/c1-16-8(12)14(6-10)4-3-5-15(7-11)9(13)17-2/h12-13H,3-5H2,1-2H3. The van der Waals surface area contributed by atoms with Gasteiger partial charge in [-0.1, -0.05) is 23.5 Å². The summed E-state index contributed by atoms with van der Waals surface area (Å²) in [6.45, 7) is 0.770. The van der Waals surface area contributed by atoms with E-state index in [0.29, 0.717) is 19.5 Å². The molecule has 0 unspecified atom stereocenters. The first kappa shape index (κ1) is 15.6. The van der Waals surface area contributed by atoms with Crippen molar-refractivity contribution < 1.29 is 0 Å². The van der Waals surface area contributed by atoms with Crippen LogP contribution < -0.4 is 0 Å². The average Bonchev–Trinajstić information content (AvgIpc) is 2.37. The molecular formula is C9H14N6S2. The zero-order chi connectivity index (χ0) is 13.3. The van der Waals surface area contributed by atoms with Crippen LogP contribution in [0, 0.1) is 33.7 Å². The molecule has 0 heterocycles. The van der Waals surface area contributed by atoms with E-state index < -0.39 is 0 Å². The maximum Gasteiger partial charge on any atom is 0.185 e. The second-order valence-corrected chi connectivity index (χ2v) is 4.47. The lowest BCUT2D eigenvalue weighted by Crippen LogP contribution is -2.29. The Kier molecular flexibility index (Phi) is 8.03. The van der Waals surface area contributed by atoms with E-state index in [1.165, 1.54) is 33.3 Å². The summed E-state index contributed by atoms with van der Waals surface area (Å²) in [6, 6.07) is 0. The van der Waals surface area contributed by atoms with Crippen LogP contribution in [0.3, 0.4) is 0 Å². The van der Waals surface area contributed by atoms with Gasteiger partial charge in [-0.15, -0.1) is 0 Å². The van der Waals surface area contributed by atoms with Crippen molar-refractivity contribution in [1.29, 1.82) is 21.3 Å². The van der Waals surface area contributed by atoms with E-state index in [-0.39, 0.29) is 10.3 Å². The van der Waals surface area contributed by atoms with Crippen LogP contribution in [0.25, 0.3) is 0 Å². The minimum atomic E-state index is 0.191.